The first-order chi connectivity index (χ1) is 11.6. The van der Waals surface area contributed by atoms with Gasteiger partial charge in [0.1, 0.15) is 23.7 Å². The van der Waals surface area contributed by atoms with Crippen LogP contribution in [-0.4, -0.2) is 34.1 Å². The fraction of sp³-hybridized carbons (Fsp3) is 0.474. The predicted octanol–water partition coefficient (Wildman–Crippen LogP) is 4.27. The molecule has 2 aliphatic rings. The molecule has 4 rings (SSSR count). The number of ether oxygens (including phenoxy) is 1. The van der Waals surface area contributed by atoms with Gasteiger partial charge in [-0.05, 0) is 57.4 Å². The smallest absolute Gasteiger partial charge is 0.134 e. The quantitative estimate of drug-likeness (QED) is 0.877. The van der Waals surface area contributed by atoms with E-state index in [4.69, 9.17) is 9.15 Å². The Hall–Kier alpha value is -1.59. The summed E-state index contributed by atoms with van der Waals surface area (Å²) < 4.78 is 11.6. The summed E-state index contributed by atoms with van der Waals surface area (Å²) in [4.78, 5) is 3.55. The molecule has 1 atom stereocenters. The zero-order valence-electron chi connectivity index (χ0n) is 14.1. The van der Waals surface area contributed by atoms with Crippen LogP contribution in [-0.2, 0) is 0 Å². The Bertz CT molecular complexity index is 773. The Morgan fingerprint density at radius 1 is 1.38 bits per heavy atom. The van der Waals surface area contributed by atoms with Crippen molar-refractivity contribution in [3.63, 3.8) is 0 Å². The van der Waals surface area contributed by atoms with Gasteiger partial charge in [0.15, 0.2) is 0 Å². The van der Waals surface area contributed by atoms with Crippen LogP contribution in [0, 0.1) is 6.92 Å². The van der Waals surface area contributed by atoms with Gasteiger partial charge in [-0.3, -0.25) is 0 Å². The van der Waals surface area contributed by atoms with Gasteiger partial charge in [-0.25, -0.2) is 0 Å². The fourth-order valence-electron chi connectivity index (χ4n) is 3.64. The van der Waals surface area contributed by atoms with Crippen molar-refractivity contribution < 1.29 is 14.3 Å². The molecule has 128 valence electrons. The van der Waals surface area contributed by atoms with Crippen LogP contribution < -0.4 is 4.74 Å². The number of rotatable bonds is 5. The minimum absolute atomic E-state index is 0.0403. The molecule has 24 heavy (non-hydrogen) atoms. The molecule has 2 aromatic rings. The van der Waals surface area contributed by atoms with E-state index < -0.39 is 0 Å². The van der Waals surface area contributed by atoms with E-state index in [1.807, 2.05) is 43.0 Å². The topological polar surface area (TPSA) is 45.8 Å². The minimum Gasteiger partial charge on any atom is -0.488 e. The predicted molar refractivity (Wildman–Crippen MR) is 97.1 cm³/mol. The number of aryl methyl sites for hydroxylation is 1. The molecule has 0 spiro atoms. The van der Waals surface area contributed by atoms with Gasteiger partial charge in [-0.2, -0.15) is 0 Å². The number of furan rings is 1. The van der Waals surface area contributed by atoms with Crippen LogP contribution in [0.25, 0.3) is 11.0 Å². The van der Waals surface area contributed by atoms with E-state index in [0.29, 0.717) is 12.0 Å². The largest absolute Gasteiger partial charge is 0.488 e. The van der Waals surface area contributed by atoms with E-state index in [9.17, 15) is 5.11 Å². The highest BCUT2D eigenvalue weighted by Crippen LogP contribution is 2.45. The first kappa shape index (κ1) is 15.9. The molecule has 1 saturated carbocycles. The van der Waals surface area contributed by atoms with Gasteiger partial charge in [-0.15, -0.1) is 11.8 Å². The average Bonchev–Trinajstić information content (AvgIpc) is 3.07. The Labute approximate surface area is 146 Å². The molecule has 1 aliphatic heterocycles. The number of aliphatic hydroxyl groups is 1. The molecule has 4 nitrogen and oxygen atoms in total. The van der Waals surface area contributed by atoms with Gasteiger partial charge >= 0.3 is 0 Å². The van der Waals surface area contributed by atoms with Crippen LogP contribution in [0.15, 0.2) is 39.8 Å². The molecule has 0 bridgehead atoms. The number of aliphatic hydroxyl groups excluding tert-OH is 1. The Morgan fingerprint density at radius 2 is 2.21 bits per heavy atom. The average molecular weight is 345 g/mol. The zero-order valence-corrected chi connectivity index (χ0v) is 14.9. The second kappa shape index (κ2) is 6.05. The number of benzene rings is 1. The lowest BCUT2D eigenvalue weighted by molar-refractivity contribution is -0.000772. The third-order valence-corrected chi connectivity index (χ3v) is 6.21. The molecule has 0 radical (unpaired) electrons. The summed E-state index contributed by atoms with van der Waals surface area (Å²) in [5, 5.41) is 11.2. The normalized spacial score (nSPS) is 22.5. The van der Waals surface area contributed by atoms with Crippen molar-refractivity contribution in [3.05, 3.63) is 41.1 Å². The van der Waals surface area contributed by atoms with Gasteiger partial charge in [-0.1, -0.05) is 0 Å². The van der Waals surface area contributed by atoms with Crippen molar-refractivity contribution in [3.8, 4) is 5.75 Å². The molecule has 2 heterocycles. The number of thioether (sulfide) groups is 1. The van der Waals surface area contributed by atoms with E-state index in [0.717, 1.165) is 35.3 Å². The lowest BCUT2D eigenvalue weighted by Gasteiger charge is -2.49. The highest BCUT2D eigenvalue weighted by molar-refractivity contribution is 8.03. The third-order valence-electron chi connectivity index (χ3n) is 5.12. The first-order valence-corrected chi connectivity index (χ1v) is 9.37. The van der Waals surface area contributed by atoms with Crippen molar-refractivity contribution in [2.75, 3.05) is 13.2 Å². The van der Waals surface area contributed by atoms with Crippen LogP contribution in [0.4, 0.5) is 0 Å². The van der Waals surface area contributed by atoms with Crippen LogP contribution in [0.3, 0.4) is 0 Å². The van der Waals surface area contributed by atoms with E-state index in [2.05, 4.69) is 18.0 Å². The van der Waals surface area contributed by atoms with Gasteiger partial charge in [0.25, 0.3) is 0 Å². The van der Waals surface area contributed by atoms with Gasteiger partial charge in [0, 0.05) is 16.5 Å². The Balaban J connectivity index is 1.45. The molecular formula is C19H23NO3S. The van der Waals surface area contributed by atoms with E-state index in [1.54, 1.807) is 0 Å². The van der Waals surface area contributed by atoms with Crippen molar-refractivity contribution in [1.82, 2.24) is 4.90 Å². The zero-order chi connectivity index (χ0) is 16.7. The third kappa shape index (κ3) is 2.70. The number of nitrogens with zero attached hydrogens (tertiary/aromatic N) is 1. The van der Waals surface area contributed by atoms with Crippen LogP contribution in [0.5, 0.6) is 5.75 Å². The summed E-state index contributed by atoms with van der Waals surface area (Å²) in [6.45, 7) is 4.95. The molecule has 0 amide bonds. The maximum Gasteiger partial charge on any atom is 0.134 e. The van der Waals surface area contributed by atoms with E-state index in [1.165, 1.54) is 11.3 Å². The van der Waals surface area contributed by atoms with Crippen molar-refractivity contribution in [2.45, 2.75) is 44.0 Å². The summed E-state index contributed by atoms with van der Waals surface area (Å²) in [6.07, 6.45) is 5.55. The van der Waals surface area contributed by atoms with E-state index >= 15 is 0 Å². The molecule has 0 saturated heterocycles. The monoisotopic (exact) mass is 345 g/mol. The van der Waals surface area contributed by atoms with Crippen molar-refractivity contribution in [1.29, 1.82) is 0 Å². The molecule has 5 heteroatoms. The summed E-state index contributed by atoms with van der Waals surface area (Å²) in [6, 6.07) is 7.96. The van der Waals surface area contributed by atoms with Gasteiger partial charge in [0.2, 0.25) is 0 Å². The fourth-order valence-corrected chi connectivity index (χ4v) is 4.78. The summed E-state index contributed by atoms with van der Waals surface area (Å²) in [7, 11) is 0. The number of fused-ring (bicyclic) bond motifs is 1. The second-order valence-corrected chi connectivity index (χ2v) is 8.24. The van der Waals surface area contributed by atoms with Crippen LogP contribution in [0.2, 0.25) is 0 Å². The van der Waals surface area contributed by atoms with Gasteiger partial charge in [0.05, 0.1) is 17.5 Å². The highest BCUT2D eigenvalue weighted by Gasteiger charge is 2.44. The van der Waals surface area contributed by atoms with Crippen molar-refractivity contribution >= 4 is 22.7 Å². The molecular weight excluding hydrogens is 322 g/mol. The second-order valence-electron chi connectivity index (χ2n) is 6.80. The molecule has 1 fully saturated rings. The highest BCUT2D eigenvalue weighted by atomic mass is 32.2. The van der Waals surface area contributed by atoms with Crippen LogP contribution in [0.1, 0.15) is 31.9 Å². The molecule has 1 aromatic heterocycles. The summed E-state index contributed by atoms with van der Waals surface area (Å²) in [5.74, 6) is 1.77. The Morgan fingerprint density at radius 3 is 2.92 bits per heavy atom. The Kier molecular flexibility index (Phi) is 4.01. The molecule has 1 unspecified atom stereocenters. The standard InChI is InChI=1S/C19H23NO3S/c1-13-8-15-9-16(4-5-18(15)23-13)22-11-17-10-20(14(2)24-17)19(12-21)6-3-7-19/h4-5,8-10,14,21H,3,6-7,11-12H2,1-2H3. The maximum absolute atomic E-state index is 9.79. The van der Waals surface area contributed by atoms with Gasteiger partial charge < -0.3 is 19.2 Å². The summed E-state index contributed by atoms with van der Waals surface area (Å²) in [5.41, 5.74) is 0.852. The van der Waals surface area contributed by atoms with Crippen LogP contribution >= 0.6 is 11.8 Å². The van der Waals surface area contributed by atoms with E-state index in [-0.39, 0.29) is 12.1 Å². The number of hydrogen-bond acceptors (Lipinski definition) is 5. The minimum atomic E-state index is -0.0403. The summed E-state index contributed by atoms with van der Waals surface area (Å²) >= 11 is 1.82. The first-order valence-electron chi connectivity index (χ1n) is 8.49. The molecule has 1 N–H and O–H groups in total. The van der Waals surface area contributed by atoms with Crippen molar-refractivity contribution in [2.24, 2.45) is 0 Å². The lowest BCUT2D eigenvalue weighted by atomic mass is 9.76. The maximum atomic E-state index is 9.79. The lowest BCUT2D eigenvalue weighted by Crippen LogP contribution is -2.55. The SMILES string of the molecule is Cc1cc2cc(OCC3=CN(C4(CO)CCC4)C(C)S3)ccc2o1. The molecule has 1 aromatic carbocycles. The molecule has 1 aliphatic carbocycles. The number of hydrogen-bond donors (Lipinski definition) is 1.